The molecule has 0 spiro atoms. The summed E-state index contributed by atoms with van der Waals surface area (Å²) >= 11 is 0. The predicted molar refractivity (Wildman–Crippen MR) is 74.5 cm³/mol. The summed E-state index contributed by atoms with van der Waals surface area (Å²) in [5.74, 6) is 0.867. The Hall–Kier alpha value is -0.0400. The monoisotopic (exact) mass is 217 g/mol. The van der Waals surface area contributed by atoms with Gasteiger partial charge in [0, 0.05) is 11.1 Å². The molecule has 1 aliphatic rings. The summed E-state index contributed by atoms with van der Waals surface area (Å²) in [6, 6.07) is 0. The van der Waals surface area contributed by atoms with Crippen LogP contribution in [0.2, 0.25) is 0 Å². The molecule has 1 heteroatoms. The zero-order valence-electron chi connectivity index (χ0n) is 9.44. The maximum absolute atomic E-state index is 2.53. The summed E-state index contributed by atoms with van der Waals surface area (Å²) in [6.45, 7) is 11.8. The first-order valence-electron chi connectivity index (χ1n) is 5.00. The molecule has 1 fully saturated rings. The summed E-state index contributed by atoms with van der Waals surface area (Å²) in [6.07, 6.45) is 2.65. The lowest BCUT2D eigenvalue weighted by Crippen LogP contribution is -2.58. The van der Waals surface area contributed by atoms with Crippen molar-refractivity contribution in [2.75, 3.05) is 7.05 Å². The van der Waals surface area contributed by atoms with E-state index in [4.69, 9.17) is 0 Å². The molecule has 1 rings (SSSR count). The molecule has 0 aliphatic carbocycles. The van der Waals surface area contributed by atoms with Crippen LogP contribution in [0.5, 0.6) is 0 Å². The average molecular weight is 217 g/mol. The molecule has 0 bridgehead atoms. The summed E-state index contributed by atoms with van der Waals surface area (Å²) in [5.41, 5.74) is 0.752. The van der Waals surface area contributed by atoms with Gasteiger partial charge in [0.05, 0.1) is 0 Å². The summed E-state index contributed by atoms with van der Waals surface area (Å²) in [7, 11) is 2.26. The third kappa shape index (κ3) is 4.14. The van der Waals surface area contributed by atoms with Crippen molar-refractivity contribution in [1.82, 2.24) is 4.90 Å². The van der Waals surface area contributed by atoms with Gasteiger partial charge in [0.1, 0.15) is 0 Å². The fourth-order valence-electron chi connectivity index (χ4n) is 2.87. The Balaban J connectivity index is -0.000000480. The van der Waals surface area contributed by atoms with Crippen molar-refractivity contribution < 1.29 is 0 Å². The molecule has 0 aromatic rings. The molecule has 0 amide bonds. The standard InChI is InChI=1S/C11H23N.3CH4/c1-9-7-10(2,3)12(6)11(4,5)8-9;;;/h9H,7-8H2,1-6H3;3*1H4. The van der Waals surface area contributed by atoms with Crippen LogP contribution in [0.15, 0.2) is 0 Å². The molecule has 0 aromatic carbocycles. The van der Waals surface area contributed by atoms with Crippen molar-refractivity contribution in [3.63, 3.8) is 0 Å². The van der Waals surface area contributed by atoms with E-state index in [1.165, 1.54) is 12.8 Å². The molecule has 0 atom stereocenters. The van der Waals surface area contributed by atoms with E-state index in [0.29, 0.717) is 11.1 Å². The largest absolute Gasteiger partial charge is 0.296 e. The molecule has 96 valence electrons. The number of piperidine rings is 1. The van der Waals surface area contributed by atoms with E-state index in [2.05, 4.69) is 46.6 Å². The smallest absolute Gasteiger partial charge is 0.0158 e. The second-order valence-electron chi connectivity index (χ2n) is 5.70. The topological polar surface area (TPSA) is 3.24 Å². The maximum atomic E-state index is 2.53. The highest BCUT2D eigenvalue weighted by Gasteiger charge is 2.41. The molecule has 0 saturated carbocycles. The SMILES string of the molecule is C.C.C.CC1CC(C)(C)N(C)C(C)(C)C1. The number of hydrogen-bond donors (Lipinski definition) is 0. The second-order valence-corrected chi connectivity index (χ2v) is 5.70. The highest BCUT2D eigenvalue weighted by atomic mass is 15.2. The van der Waals surface area contributed by atoms with E-state index in [1.807, 2.05) is 0 Å². The first-order valence-corrected chi connectivity index (χ1v) is 5.00. The van der Waals surface area contributed by atoms with E-state index >= 15 is 0 Å². The van der Waals surface area contributed by atoms with Gasteiger partial charge in [-0.1, -0.05) is 29.2 Å². The zero-order valence-corrected chi connectivity index (χ0v) is 9.44. The van der Waals surface area contributed by atoms with Crippen LogP contribution in [0.25, 0.3) is 0 Å². The van der Waals surface area contributed by atoms with Gasteiger partial charge in [0.25, 0.3) is 0 Å². The van der Waals surface area contributed by atoms with Crippen LogP contribution in [-0.4, -0.2) is 23.0 Å². The molecular weight excluding hydrogens is 182 g/mol. The highest BCUT2D eigenvalue weighted by molar-refractivity contribution is 4.96. The number of nitrogens with zero attached hydrogens (tertiary/aromatic N) is 1. The Morgan fingerprint density at radius 1 is 0.867 bits per heavy atom. The molecule has 1 nitrogen and oxygen atoms in total. The molecule has 0 aromatic heterocycles. The van der Waals surface area contributed by atoms with Crippen molar-refractivity contribution in [2.45, 2.75) is 80.8 Å². The van der Waals surface area contributed by atoms with Crippen LogP contribution in [0.4, 0.5) is 0 Å². The number of likely N-dealkylation sites (tertiary alicyclic amines) is 1. The van der Waals surface area contributed by atoms with E-state index in [0.717, 1.165) is 5.92 Å². The van der Waals surface area contributed by atoms with E-state index < -0.39 is 0 Å². The Labute approximate surface area is 99.3 Å². The zero-order chi connectivity index (χ0) is 9.57. The highest BCUT2D eigenvalue weighted by Crippen LogP contribution is 2.39. The second kappa shape index (κ2) is 5.89. The summed E-state index contributed by atoms with van der Waals surface area (Å²) in [4.78, 5) is 2.53. The molecule has 1 heterocycles. The van der Waals surface area contributed by atoms with Crippen LogP contribution in [0, 0.1) is 5.92 Å². The molecule has 0 unspecified atom stereocenters. The molecular formula is C14H35N. The van der Waals surface area contributed by atoms with Gasteiger partial charge in [-0.3, -0.25) is 4.90 Å². The van der Waals surface area contributed by atoms with Gasteiger partial charge in [0.2, 0.25) is 0 Å². The third-order valence-corrected chi connectivity index (χ3v) is 3.51. The number of hydrogen-bond acceptors (Lipinski definition) is 1. The van der Waals surface area contributed by atoms with E-state index in [-0.39, 0.29) is 22.3 Å². The van der Waals surface area contributed by atoms with Gasteiger partial charge in [0.15, 0.2) is 0 Å². The Morgan fingerprint density at radius 3 is 1.40 bits per heavy atom. The Morgan fingerprint density at radius 2 is 1.13 bits per heavy atom. The minimum Gasteiger partial charge on any atom is -0.296 e. The minimum atomic E-state index is 0. The van der Waals surface area contributed by atoms with Gasteiger partial charge in [-0.25, -0.2) is 0 Å². The average Bonchev–Trinajstić information content (AvgIpc) is 1.80. The lowest BCUT2D eigenvalue weighted by atomic mass is 9.75. The van der Waals surface area contributed by atoms with Crippen molar-refractivity contribution in [2.24, 2.45) is 5.92 Å². The van der Waals surface area contributed by atoms with E-state index in [9.17, 15) is 0 Å². The normalized spacial score (nSPS) is 24.4. The van der Waals surface area contributed by atoms with Gasteiger partial charge in [-0.2, -0.15) is 0 Å². The fourth-order valence-corrected chi connectivity index (χ4v) is 2.87. The summed E-state index contributed by atoms with van der Waals surface area (Å²) in [5, 5.41) is 0. The lowest BCUT2D eigenvalue weighted by Gasteiger charge is -2.53. The fraction of sp³-hybridized carbons (Fsp3) is 1.00. The van der Waals surface area contributed by atoms with Gasteiger partial charge >= 0.3 is 0 Å². The Bertz CT molecular complexity index is 152. The van der Waals surface area contributed by atoms with Crippen LogP contribution in [0.1, 0.15) is 69.7 Å². The van der Waals surface area contributed by atoms with Crippen molar-refractivity contribution >= 4 is 0 Å². The van der Waals surface area contributed by atoms with Crippen LogP contribution in [0.3, 0.4) is 0 Å². The van der Waals surface area contributed by atoms with Gasteiger partial charge < -0.3 is 0 Å². The summed E-state index contributed by atoms with van der Waals surface area (Å²) < 4.78 is 0. The van der Waals surface area contributed by atoms with Crippen molar-refractivity contribution in [3.8, 4) is 0 Å². The molecule has 0 N–H and O–H groups in total. The molecule has 0 radical (unpaired) electrons. The molecule has 1 aliphatic heterocycles. The van der Waals surface area contributed by atoms with Crippen molar-refractivity contribution in [1.29, 1.82) is 0 Å². The Kier molecular flexibility index (Phi) is 8.00. The van der Waals surface area contributed by atoms with Gasteiger partial charge in [-0.05, 0) is 53.5 Å². The van der Waals surface area contributed by atoms with Crippen molar-refractivity contribution in [3.05, 3.63) is 0 Å². The predicted octanol–water partition coefficient (Wildman–Crippen LogP) is 4.81. The van der Waals surface area contributed by atoms with Crippen LogP contribution >= 0.6 is 0 Å². The maximum Gasteiger partial charge on any atom is 0.0158 e. The van der Waals surface area contributed by atoms with Crippen LogP contribution < -0.4 is 0 Å². The minimum absolute atomic E-state index is 0. The molecule has 15 heavy (non-hydrogen) atoms. The quantitative estimate of drug-likeness (QED) is 0.562. The van der Waals surface area contributed by atoms with Gasteiger partial charge in [-0.15, -0.1) is 0 Å². The number of rotatable bonds is 0. The first kappa shape index (κ1) is 20.4. The van der Waals surface area contributed by atoms with Crippen LogP contribution in [-0.2, 0) is 0 Å². The molecule has 1 saturated heterocycles. The lowest BCUT2D eigenvalue weighted by molar-refractivity contribution is -0.0255. The third-order valence-electron chi connectivity index (χ3n) is 3.51. The first-order chi connectivity index (χ1) is 5.26. The van der Waals surface area contributed by atoms with E-state index in [1.54, 1.807) is 0 Å².